The Morgan fingerprint density at radius 3 is 2.43 bits per heavy atom. The van der Waals surface area contributed by atoms with Crippen LogP contribution in [0.1, 0.15) is 82.5 Å². The average Bonchev–Trinajstić information content (AvgIpc) is 3.09. The number of amides is 3. The highest BCUT2D eigenvalue weighted by Gasteiger charge is 2.32. The number of aliphatic hydroxyl groups excluding tert-OH is 1. The summed E-state index contributed by atoms with van der Waals surface area (Å²) in [7, 11) is -0.801. The van der Waals surface area contributed by atoms with Gasteiger partial charge < -0.3 is 34.9 Å². The van der Waals surface area contributed by atoms with Crippen LogP contribution in [0.4, 0.5) is 10.5 Å². The Balaban J connectivity index is 1.60. The van der Waals surface area contributed by atoms with E-state index in [9.17, 15) is 23.1 Å². The first-order valence-corrected chi connectivity index (χ1v) is 18.9. The number of benzene rings is 2. The summed E-state index contributed by atoms with van der Waals surface area (Å²) in [6.45, 7) is 5.99. The standard InChI is InChI=1S/C36H54N4O8S/c1-25-22-40(26(2)24-41)35(42)32-21-29(38-36(43)37-28-12-7-6-8-13-28)14-19-33(32)48-27(3)11-9-10-20-47-34(25)23-39(4)49(44,45)31-17-15-30(46-5)16-18-31/h14-19,21,25-28,34,41H,6-13,20,22-24H2,1-5H3,(H2,37,38,43)/t25-,26+,27+,34+/m0/s1. The molecule has 1 fully saturated rings. The molecular formula is C36H54N4O8S. The number of carbonyl (C=O) groups excluding carboxylic acids is 2. The van der Waals surface area contributed by atoms with E-state index >= 15 is 0 Å². The lowest BCUT2D eigenvalue weighted by Crippen LogP contribution is -2.48. The molecule has 4 rings (SSSR count). The second-order valence-corrected chi connectivity index (χ2v) is 15.5. The smallest absolute Gasteiger partial charge is 0.319 e. The Bertz CT molecular complexity index is 1480. The number of nitrogens with zero attached hydrogens (tertiary/aromatic N) is 2. The number of hydrogen-bond donors (Lipinski definition) is 3. The van der Waals surface area contributed by atoms with Crippen molar-refractivity contribution in [3.05, 3.63) is 48.0 Å². The van der Waals surface area contributed by atoms with Crippen molar-refractivity contribution >= 4 is 27.6 Å². The summed E-state index contributed by atoms with van der Waals surface area (Å²) >= 11 is 0. The Kier molecular flexibility index (Phi) is 14.1. The molecule has 3 N–H and O–H groups in total. The van der Waals surface area contributed by atoms with E-state index in [1.807, 2.05) is 13.8 Å². The topological polar surface area (TPSA) is 147 Å². The van der Waals surface area contributed by atoms with Crippen LogP contribution in [0.3, 0.4) is 0 Å². The monoisotopic (exact) mass is 702 g/mol. The molecular weight excluding hydrogens is 648 g/mol. The summed E-state index contributed by atoms with van der Waals surface area (Å²) in [6.07, 6.45) is 6.76. The predicted molar refractivity (Wildman–Crippen MR) is 189 cm³/mol. The molecule has 1 saturated carbocycles. The van der Waals surface area contributed by atoms with Crippen molar-refractivity contribution in [3.8, 4) is 11.5 Å². The zero-order chi connectivity index (χ0) is 35.6. The van der Waals surface area contributed by atoms with Gasteiger partial charge in [0.05, 0.1) is 42.4 Å². The molecule has 0 radical (unpaired) electrons. The van der Waals surface area contributed by atoms with Gasteiger partial charge in [0.25, 0.3) is 5.91 Å². The van der Waals surface area contributed by atoms with Crippen LogP contribution in [0, 0.1) is 5.92 Å². The van der Waals surface area contributed by atoms with E-state index in [-0.39, 0.29) is 60.2 Å². The van der Waals surface area contributed by atoms with Crippen LogP contribution < -0.4 is 20.1 Å². The first-order valence-electron chi connectivity index (χ1n) is 17.4. The lowest BCUT2D eigenvalue weighted by Gasteiger charge is -2.35. The zero-order valence-electron chi connectivity index (χ0n) is 29.5. The summed E-state index contributed by atoms with van der Waals surface area (Å²) in [4.78, 5) is 29.0. The van der Waals surface area contributed by atoms with Gasteiger partial charge in [-0.15, -0.1) is 0 Å². The van der Waals surface area contributed by atoms with Gasteiger partial charge in [0, 0.05) is 44.4 Å². The Labute approximate surface area is 291 Å². The first-order chi connectivity index (χ1) is 23.4. The Morgan fingerprint density at radius 2 is 1.76 bits per heavy atom. The molecule has 0 aromatic heterocycles. The van der Waals surface area contributed by atoms with Crippen molar-refractivity contribution in [2.75, 3.05) is 45.8 Å². The van der Waals surface area contributed by atoms with Gasteiger partial charge in [-0.05, 0) is 88.4 Å². The first kappa shape index (κ1) is 38.4. The maximum atomic E-state index is 14.4. The molecule has 49 heavy (non-hydrogen) atoms. The fourth-order valence-corrected chi connectivity index (χ4v) is 7.52. The van der Waals surface area contributed by atoms with Gasteiger partial charge in [-0.1, -0.05) is 26.2 Å². The number of methoxy groups -OCH3 is 1. The third kappa shape index (κ3) is 10.6. The molecule has 2 aromatic carbocycles. The van der Waals surface area contributed by atoms with Crippen LogP contribution in [-0.2, 0) is 14.8 Å². The van der Waals surface area contributed by atoms with Crippen LogP contribution >= 0.6 is 0 Å². The largest absolute Gasteiger partial charge is 0.497 e. The fraction of sp³-hybridized carbons (Fsp3) is 0.611. The summed E-state index contributed by atoms with van der Waals surface area (Å²) in [6, 6.07) is 10.5. The van der Waals surface area contributed by atoms with E-state index in [0.717, 1.165) is 38.5 Å². The number of likely N-dealkylation sites (N-methyl/N-ethyl adjacent to an activating group) is 1. The van der Waals surface area contributed by atoms with Crippen LogP contribution in [-0.4, -0.2) is 99.4 Å². The van der Waals surface area contributed by atoms with Crippen LogP contribution in [0.2, 0.25) is 0 Å². The highest BCUT2D eigenvalue weighted by molar-refractivity contribution is 7.89. The number of fused-ring (bicyclic) bond motifs is 1. The number of ether oxygens (including phenoxy) is 3. The number of urea groups is 1. The Hall–Kier alpha value is -3.39. The molecule has 272 valence electrons. The van der Waals surface area contributed by atoms with Crippen molar-refractivity contribution in [1.29, 1.82) is 0 Å². The van der Waals surface area contributed by atoms with E-state index in [4.69, 9.17) is 14.2 Å². The molecule has 1 heterocycles. The van der Waals surface area contributed by atoms with E-state index in [0.29, 0.717) is 30.2 Å². The minimum atomic E-state index is -3.84. The van der Waals surface area contributed by atoms with E-state index in [1.54, 1.807) is 42.2 Å². The lowest BCUT2D eigenvalue weighted by molar-refractivity contribution is -0.00834. The SMILES string of the molecule is COc1ccc(S(=O)(=O)N(C)C[C@H]2OCCCC[C@@H](C)Oc3ccc(NC(=O)NC4CCCCC4)cc3C(=O)N([C@H](C)CO)C[C@@H]2C)cc1. The van der Waals surface area contributed by atoms with Gasteiger partial charge in [0.2, 0.25) is 10.0 Å². The predicted octanol–water partition coefficient (Wildman–Crippen LogP) is 5.27. The van der Waals surface area contributed by atoms with Gasteiger partial charge in [0.15, 0.2) is 0 Å². The highest BCUT2D eigenvalue weighted by atomic mass is 32.2. The van der Waals surface area contributed by atoms with Crippen molar-refractivity contribution in [1.82, 2.24) is 14.5 Å². The van der Waals surface area contributed by atoms with Crippen LogP contribution in [0.5, 0.6) is 11.5 Å². The normalized spacial score (nSPS) is 22.4. The Morgan fingerprint density at radius 1 is 1.06 bits per heavy atom. The second-order valence-electron chi connectivity index (χ2n) is 13.4. The van der Waals surface area contributed by atoms with E-state index in [2.05, 4.69) is 10.6 Å². The van der Waals surface area contributed by atoms with E-state index in [1.165, 1.54) is 37.0 Å². The summed E-state index contributed by atoms with van der Waals surface area (Å²) in [5, 5.41) is 16.2. The number of hydrogen-bond acceptors (Lipinski definition) is 8. The number of anilines is 1. The van der Waals surface area contributed by atoms with Gasteiger partial charge in [0.1, 0.15) is 11.5 Å². The number of rotatable bonds is 9. The molecule has 0 saturated heterocycles. The molecule has 1 aliphatic heterocycles. The highest BCUT2D eigenvalue weighted by Crippen LogP contribution is 2.29. The number of carbonyl (C=O) groups is 2. The fourth-order valence-electron chi connectivity index (χ4n) is 6.34. The molecule has 1 aliphatic carbocycles. The van der Waals surface area contributed by atoms with Crippen LogP contribution in [0.25, 0.3) is 0 Å². The minimum absolute atomic E-state index is 0.0609. The van der Waals surface area contributed by atoms with Crippen molar-refractivity contribution in [2.24, 2.45) is 5.92 Å². The molecule has 4 atom stereocenters. The average molecular weight is 703 g/mol. The second kappa shape index (κ2) is 18.0. The number of aliphatic hydroxyl groups is 1. The van der Waals surface area contributed by atoms with Gasteiger partial charge in [-0.2, -0.15) is 4.31 Å². The molecule has 2 aliphatic rings. The van der Waals surface area contributed by atoms with Crippen molar-refractivity contribution in [3.63, 3.8) is 0 Å². The molecule has 0 bridgehead atoms. The third-order valence-electron chi connectivity index (χ3n) is 9.45. The number of nitrogens with one attached hydrogen (secondary N) is 2. The molecule has 12 nitrogen and oxygen atoms in total. The maximum absolute atomic E-state index is 14.4. The van der Waals surface area contributed by atoms with Gasteiger partial charge >= 0.3 is 6.03 Å². The van der Waals surface area contributed by atoms with Gasteiger partial charge in [-0.3, -0.25) is 4.79 Å². The van der Waals surface area contributed by atoms with Crippen molar-refractivity contribution in [2.45, 2.75) is 101 Å². The van der Waals surface area contributed by atoms with Crippen LogP contribution in [0.15, 0.2) is 47.4 Å². The van der Waals surface area contributed by atoms with E-state index < -0.39 is 22.2 Å². The quantitative estimate of drug-likeness (QED) is 0.321. The van der Waals surface area contributed by atoms with Crippen molar-refractivity contribution < 1.29 is 37.3 Å². The lowest BCUT2D eigenvalue weighted by atomic mass is 9.96. The molecule has 0 unspecified atom stereocenters. The van der Waals surface area contributed by atoms with Gasteiger partial charge in [-0.25, -0.2) is 13.2 Å². The summed E-state index contributed by atoms with van der Waals surface area (Å²) < 4.78 is 46.1. The number of sulfonamides is 1. The third-order valence-corrected chi connectivity index (χ3v) is 11.3. The molecule has 2 aromatic rings. The summed E-state index contributed by atoms with van der Waals surface area (Å²) in [5.41, 5.74) is 0.720. The summed E-state index contributed by atoms with van der Waals surface area (Å²) in [5.74, 6) is 0.259. The molecule has 13 heteroatoms. The molecule has 0 spiro atoms. The minimum Gasteiger partial charge on any atom is -0.497 e. The zero-order valence-corrected chi connectivity index (χ0v) is 30.3. The maximum Gasteiger partial charge on any atom is 0.319 e. The molecule has 3 amide bonds.